The van der Waals surface area contributed by atoms with Crippen molar-refractivity contribution in [2.24, 2.45) is 0 Å². The van der Waals surface area contributed by atoms with Gasteiger partial charge in [-0.05, 0) is 42.0 Å². The Morgan fingerprint density at radius 2 is 1.63 bits per heavy atom. The lowest BCUT2D eigenvalue weighted by atomic mass is 10.2. The van der Waals surface area contributed by atoms with Crippen molar-refractivity contribution in [2.75, 3.05) is 5.32 Å². The zero-order chi connectivity index (χ0) is 19.4. The molecule has 2 N–H and O–H groups in total. The Labute approximate surface area is 171 Å². The van der Waals surface area contributed by atoms with Crippen molar-refractivity contribution in [1.29, 1.82) is 0 Å². The molecule has 0 unspecified atom stereocenters. The molecular formula is C20H15Cl3FNO2. The molecule has 0 heterocycles. The van der Waals surface area contributed by atoms with Gasteiger partial charge in [-0.15, -0.1) is 0 Å². The summed E-state index contributed by atoms with van der Waals surface area (Å²) >= 11 is 17.8. The van der Waals surface area contributed by atoms with Crippen molar-refractivity contribution >= 4 is 40.5 Å². The van der Waals surface area contributed by atoms with E-state index in [0.717, 1.165) is 5.56 Å². The highest BCUT2D eigenvalue weighted by atomic mass is 35.5. The van der Waals surface area contributed by atoms with Crippen LogP contribution in [-0.4, -0.2) is 5.11 Å². The molecule has 0 atom stereocenters. The molecule has 0 aromatic heterocycles. The second-order valence-electron chi connectivity index (χ2n) is 5.78. The average Bonchev–Trinajstić information content (AvgIpc) is 2.64. The monoisotopic (exact) mass is 425 g/mol. The van der Waals surface area contributed by atoms with E-state index in [-0.39, 0.29) is 22.4 Å². The highest BCUT2D eigenvalue weighted by Crippen LogP contribution is 2.34. The Hall–Kier alpha value is -2.14. The first-order chi connectivity index (χ1) is 12.9. The van der Waals surface area contributed by atoms with E-state index in [1.165, 1.54) is 6.07 Å². The lowest BCUT2D eigenvalue weighted by Gasteiger charge is -2.12. The maximum Gasteiger partial charge on any atom is 0.152 e. The van der Waals surface area contributed by atoms with E-state index in [1.54, 1.807) is 30.3 Å². The predicted octanol–water partition coefficient (Wildman–Crippen LogP) is 6.68. The van der Waals surface area contributed by atoms with Crippen molar-refractivity contribution in [2.45, 2.75) is 13.2 Å². The molecule has 0 fully saturated rings. The number of hydrogen-bond donors (Lipinski definition) is 2. The molecule has 3 nitrogen and oxygen atoms in total. The summed E-state index contributed by atoms with van der Waals surface area (Å²) in [5.41, 5.74) is 1.93. The molecule has 0 aliphatic heterocycles. The van der Waals surface area contributed by atoms with Crippen LogP contribution in [-0.2, 0) is 13.2 Å². The van der Waals surface area contributed by atoms with Crippen LogP contribution in [0.4, 0.5) is 10.1 Å². The summed E-state index contributed by atoms with van der Waals surface area (Å²) in [5, 5.41) is 13.4. The van der Waals surface area contributed by atoms with Crippen LogP contribution in [0, 0.1) is 5.82 Å². The minimum atomic E-state index is -0.401. The van der Waals surface area contributed by atoms with Crippen LogP contribution in [0.25, 0.3) is 0 Å². The molecule has 27 heavy (non-hydrogen) atoms. The third kappa shape index (κ3) is 4.98. The van der Waals surface area contributed by atoms with Crippen LogP contribution in [0.2, 0.25) is 15.1 Å². The van der Waals surface area contributed by atoms with Crippen molar-refractivity contribution in [3.8, 4) is 11.5 Å². The first-order valence-electron chi connectivity index (χ1n) is 8.00. The number of rotatable bonds is 6. The summed E-state index contributed by atoms with van der Waals surface area (Å²) in [7, 11) is 0. The fourth-order valence-electron chi connectivity index (χ4n) is 2.44. The van der Waals surface area contributed by atoms with Crippen molar-refractivity contribution in [1.82, 2.24) is 0 Å². The number of hydrogen-bond acceptors (Lipinski definition) is 3. The van der Waals surface area contributed by atoms with Gasteiger partial charge < -0.3 is 15.2 Å². The van der Waals surface area contributed by atoms with E-state index in [0.29, 0.717) is 28.6 Å². The van der Waals surface area contributed by atoms with Gasteiger partial charge in [0.15, 0.2) is 5.75 Å². The zero-order valence-electron chi connectivity index (χ0n) is 14.0. The van der Waals surface area contributed by atoms with E-state index in [2.05, 4.69) is 5.32 Å². The summed E-state index contributed by atoms with van der Waals surface area (Å²) in [5.74, 6) is 0.0443. The maximum absolute atomic E-state index is 13.8. The van der Waals surface area contributed by atoms with Gasteiger partial charge in [-0.2, -0.15) is 0 Å². The summed E-state index contributed by atoms with van der Waals surface area (Å²) in [4.78, 5) is 0. The average molecular weight is 427 g/mol. The van der Waals surface area contributed by atoms with Crippen molar-refractivity contribution in [3.63, 3.8) is 0 Å². The van der Waals surface area contributed by atoms with Crippen LogP contribution in [0.3, 0.4) is 0 Å². The second-order valence-corrected chi connectivity index (χ2v) is 7.00. The molecule has 140 valence electrons. The Bertz CT molecular complexity index is 922. The summed E-state index contributed by atoms with van der Waals surface area (Å²) < 4.78 is 19.5. The molecule has 0 saturated carbocycles. The minimum absolute atomic E-state index is 0.0333. The van der Waals surface area contributed by atoms with Gasteiger partial charge in [0.25, 0.3) is 0 Å². The molecular weight excluding hydrogens is 412 g/mol. The largest absolute Gasteiger partial charge is 0.505 e. The predicted molar refractivity (Wildman–Crippen MR) is 108 cm³/mol. The van der Waals surface area contributed by atoms with Gasteiger partial charge in [-0.3, -0.25) is 0 Å². The Balaban J connectivity index is 1.65. The first kappa shape index (κ1) is 19.6. The minimum Gasteiger partial charge on any atom is -0.505 e. The van der Waals surface area contributed by atoms with Crippen LogP contribution >= 0.6 is 34.8 Å². The standard InChI is InChI=1S/C20H15Cl3FNO2/c21-16-5-2-6-19(24)15(16)11-27-14-4-1-3-12(7-14)10-25-13-8-17(22)20(26)18(23)9-13/h1-9,25-26H,10-11H2. The zero-order valence-corrected chi connectivity index (χ0v) is 16.2. The molecule has 0 saturated heterocycles. The van der Waals surface area contributed by atoms with Crippen LogP contribution in [0.15, 0.2) is 54.6 Å². The smallest absolute Gasteiger partial charge is 0.152 e. The molecule has 0 aliphatic rings. The fraction of sp³-hybridized carbons (Fsp3) is 0.100. The fourth-order valence-corrected chi connectivity index (χ4v) is 3.15. The van der Waals surface area contributed by atoms with Crippen molar-refractivity contribution in [3.05, 3.63) is 86.6 Å². The highest BCUT2D eigenvalue weighted by molar-refractivity contribution is 6.37. The van der Waals surface area contributed by atoms with Gasteiger partial charge in [0.2, 0.25) is 0 Å². The highest BCUT2D eigenvalue weighted by Gasteiger charge is 2.09. The van der Waals surface area contributed by atoms with Crippen LogP contribution in [0.1, 0.15) is 11.1 Å². The Kier molecular flexibility index (Phi) is 6.32. The summed E-state index contributed by atoms with van der Waals surface area (Å²) in [6.07, 6.45) is 0. The number of anilines is 1. The second kappa shape index (κ2) is 8.70. The number of phenolic OH excluding ortho intramolecular Hbond substituents is 1. The van der Waals surface area contributed by atoms with E-state index in [1.807, 2.05) is 18.2 Å². The van der Waals surface area contributed by atoms with Crippen LogP contribution < -0.4 is 10.1 Å². The normalized spacial score (nSPS) is 10.7. The van der Waals surface area contributed by atoms with Gasteiger partial charge in [0, 0.05) is 17.8 Å². The molecule has 7 heteroatoms. The number of phenols is 1. The SMILES string of the molecule is Oc1c(Cl)cc(NCc2cccc(OCc3c(F)cccc3Cl)c2)cc1Cl. The third-order valence-corrected chi connectivity index (χ3v) is 4.79. The number of ether oxygens (including phenoxy) is 1. The lowest BCUT2D eigenvalue weighted by molar-refractivity contribution is 0.299. The molecule has 0 aliphatic carbocycles. The lowest BCUT2D eigenvalue weighted by Crippen LogP contribution is -2.02. The van der Waals surface area contributed by atoms with E-state index < -0.39 is 5.82 Å². The maximum atomic E-state index is 13.8. The molecule has 3 rings (SSSR count). The quantitative estimate of drug-likeness (QED) is 0.432. The number of halogens is 4. The van der Waals surface area contributed by atoms with Gasteiger partial charge >= 0.3 is 0 Å². The summed E-state index contributed by atoms with van der Waals surface area (Å²) in [6, 6.07) is 15.1. The van der Waals surface area contributed by atoms with Gasteiger partial charge in [0.05, 0.1) is 15.1 Å². The molecule has 3 aromatic rings. The number of aromatic hydroxyl groups is 1. The van der Waals surface area contributed by atoms with Crippen LogP contribution in [0.5, 0.6) is 11.5 Å². The molecule has 0 radical (unpaired) electrons. The molecule has 3 aromatic carbocycles. The van der Waals surface area contributed by atoms with E-state index in [4.69, 9.17) is 39.5 Å². The first-order valence-corrected chi connectivity index (χ1v) is 9.14. The Morgan fingerprint density at radius 1 is 0.926 bits per heavy atom. The number of benzene rings is 3. The van der Waals surface area contributed by atoms with Crippen molar-refractivity contribution < 1.29 is 14.2 Å². The van der Waals surface area contributed by atoms with Gasteiger partial charge in [-0.1, -0.05) is 53.0 Å². The molecule has 0 amide bonds. The van der Waals surface area contributed by atoms with Gasteiger partial charge in [-0.25, -0.2) is 4.39 Å². The number of nitrogens with one attached hydrogen (secondary N) is 1. The molecule has 0 bridgehead atoms. The topological polar surface area (TPSA) is 41.5 Å². The Morgan fingerprint density at radius 3 is 2.33 bits per heavy atom. The van der Waals surface area contributed by atoms with E-state index in [9.17, 15) is 9.50 Å². The molecule has 0 spiro atoms. The van der Waals surface area contributed by atoms with Gasteiger partial charge in [0.1, 0.15) is 18.2 Å². The van der Waals surface area contributed by atoms with E-state index >= 15 is 0 Å². The third-order valence-electron chi connectivity index (χ3n) is 3.86. The summed E-state index contributed by atoms with van der Waals surface area (Å²) in [6.45, 7) is 0.515.